The lowest BCUT2D eigenvalue weighted by Crippen LogP contribution is -2.55. The van der Waals surface area contributed by atoms with E-state index in [1.54, 1.807) is 28.9 Å². The second-order valence-corrected chi connectivity index (χ2v) is 11.0. The van der Waals surface area contributed by atoms with Crippen molar-refractivity contribution in [1.29, 1.82) is 0 Å². The van der Waals surface area contributed by atoms with Crippen LogP contribution in [-0.2, 0) is 22.7 Å². The smallest absolute Gasteiger partial charge is 0.265 e. The number of benzene rings is 1. The maximum atomic E-state index is 13.1. The van der Waals surface area contributed by atoms with Crippen molar-refractivity contribution in [3.8, 4) is 5.88 Å². The molecule has 2 amide bonds. The number of carbonyl (C=O) groups excluding carboxylic acids is 2. The van der Waals surface area contributed by atoms with E-state index in [0.717, 1.165) is 41.5 Å². The number of thiocarbonyl (C=S) groups is 1. The van der Waals surface area contributed by atoms with Gasteiger partial charge in [0, 0.05) is 26.2 Å². The molecule has 8 nitrogen and oxygen atoms in total. The molecule has 230 valence electrons. The van der Waals surface area contributed by atoms with Gasteiger partial charge < -0.3 is 5.11 Å². The van der Waals surface area contributed by atoms with Gasteiger partial charge in [0.25, 0.3) is 17.4 Å². The van der Waals surface area contributed by atoms with Gasteiger partial charge in [-0.05, 0) is 106 Å². The molecule has 0 bridgehead atoms. The van der Waals surface area contributed by atoms with Crippen LogP contribution < -0.4 is 5.56 Å². The normalized spacial score (nSPS) is 17.2. The first-order chi connectivity index (χ1) is 21.2. The average Bonchev–Trinajstić information content (AvgIpc) is 3.02. The van der Waals surface area contributed by atoms with Crippen LogP contribution in [0, 0.1) is 4.77 Å². The summed E-state index contributed by atoms with van der Waals surface area (Å²) in [6.07, 6.45) is 13.3. The van der Waals surface area contributed by atoms with Gasteiger partial charge in [-0.2, -0.15) is 0 Å². The van der Waals surface area contributed by atoms with Crippen molar-refractivity contribution in [2.75, 3.05) is 13.1 Å². The van der Waals surface area contributed by atoms with E-state index in [0.29, 0.717) is 31.0 Å². The van der Waals surface area contributed by atoms with Gasteiger partial charge >= 0.3 is 0 Å². The number of aromatic nitrogens is 2. The lowest BCUT2D eigenvalue weighted by atomic mass is 9.83. The summed E-state index contributed by atoms with van der Waals surface area (Å²) in [7, 11) is 0. The highest BCUT2D eigenvalue weighted by Gasteiger charge is 2.37. The van der Waals surface area contributed by atoms with Crippen molar-refractivity contribution in [2.24, 2.45) is 0 Å². The van der Waals surface area contributed by atoms with Crippen LogP contribution in [0.1, 0.15) is 58.1 Å². The summed E-state index contributed by atoms with van der Waals surface area (Å²) in [5, 5.41) is 11.1. The van der Waals surface area contributed by atoms with E-state index in [4.69, 9.17) is 24.4 Å². The number of allylic oxidation sites excluding steroid dienone is 8. The van der Waals surface area contributed by atoms with Crippen molar-refractivity contribution in [3.05, 3.63) is 104 Å². The van der Waals surface area contributed by atoms with E-state index < -0.39 is 0 Å². The summed E-state index contributed by atoms with van der Waals surface area (Å²) in [6, 6.07) is 10.0. The molecule has 1 aliphatic carbocycles. The van der Waals surface area contributed by atoms with Crippen molar-refractivity contribution >= 4 is 53.0 Å². The summed E-state index contributed by atoms with van der Waals surface area (Å²) in [5.41, 5.74) is 4.19. The summed E-state index contributed by atoms with van der Waals surface area (Å²) < 4.78 is 3.33. The molecule has 1 N–H and O–H groups in total. The third-order valence-corrected chi connectivity index (χ3v) is 8.71. The zero-order valence-corrected chi connectivity index (χ0v) is 27.2. The Morgan fingerprint density at radius 2 is 1.41 bits per heavy atom. The van der Waals surface area contributed by atoms with Gasteiger partial charge in [0.1, 0.15) is 11.1 Å². The van der Waals surface area contributed by atoms with Crippen molar-refractivity contribution in [2.45, 2.75) is 60.0 Å². The Hall–Kier alpha value is -4.15. The van der Waals surface area contributed by atoms with Crippen LogP contribution in [-0.4, -0.2) is 54.1 Å². The number of rotatable bonds is 9. The van der Waals surface area contributed by atoms with Crippen LogP contribution in [0.2, 0.25) is 0 Å². The maximum Gasteiger partial charge on any atom is 0.265 e. The Balaban J connectivity index is 1.77. The highest BCUT2D eigenvalue weighted by atomic mass is 32.1. The SMILES string of the molecule is CCN1C(=O)C(=C/C=C/C2=C(c3ccccc3)C(=C/C=C/c3c(O)n(CC)c(=S)n(CC)c3=O)/CCC2)C(=O)N(CC)C1=S. The van der Waals surface area contributed by atoms with Crippen LogP contribution in [0.4, 0.5) is 0 Å². The van der Waals surface area contributed by atoms with Crippen LogP contribution >= 0.6 is 24.4 Å². The first-order valence-corrected chi connectivity index (χ1v) is 15.8. The highest BCUT2D eigenvalue weighted by Crippen LogP contribution is 2.37. The lowest BCUT2D eigenvalue weighted by molar-refractivity contribution is -0.133. The molecule has 1 aliphatic heterocycles. The summed E-state index contributed by atoms with van der Waals surface area (Å²) >= 11 is 10.8. The van der Waals surface area contributed by atoms with E-state index in [9.17, 15) is 19.5 Å². The number of hydrogen-bond donors (Lipinski definition) is 1. The molecule has 44 heavy (non-hydrogen) atoms. The lowest BCUT2D eigenvalue weighted by Gasteiger charge is -2.35. The Labute approximate surface area is 268 Å². The molecule has 0 unspecified atom stereocenters. The molecular weight excluding hydrogens is 593 g/mol. The summed E-state index contributed by atoms with van der Waals surface area (Å²) in [6.45, 7) is 9.00. The van der Waals surface area contributed by atoms with Crippen LogP contribution in [0.5, 0.6) is 5.88 Å². The monoisotopic (exact) mass is 630 g/mol. The van der Waals surface area contributed by atoms with Crippen LogP contribution in [0.25, 0.3) is 11.6 Å². The predicted molar refractivity (Wildman–Crippen MR) is 181 cm³/mol. The molecule has 0 saturated carbocycles. The number of nitrogens with zero attached hydrogens (tertiary/aromatic N) is 4. The van der Waals surface area contributed by atoms with E-state index in [1.807, 2.05) is 58.0 Å². The molecule has 2 heterocycles. The number of aromatic hydroxyl groups is 1. The molecule has 1 aromatic heterocycles. The summed E-state index contributed by atoms with van der Waals surface area (Å²) in [5.74, 6) is -0.915. The van der Waals surface area contributed by atoms with Gasteiger partial charge in [0.2, 0.25) is 5.88 Å². The van der Waals surface area contributed by atoms with Gasteiger partial charge in [0.15, 0.2) is 9.88 Å². The quantitative estimate of drug-likeness (QED) is 0.202. The van der Waals surface area contributed by atoms with E-state index >= 15 is 0 Å². The van der Waals surface area contributed by atoms with Gasteiger partial charge in [0.05, 0.1) is 0 Å². The van der Waals surface area contributed by atoms with E-state index in [1.165, 1.54) is 14.4 Å². The van der Waals surface area contributed by atoms with Crippen LogP contribution in [0.15, 0.2) is 82.2 Å². The molecule has 2 aliphatic rings. The number of carbonyl (C=O) groups is 2. The van der Waals surface area contributed by atoms with Gasteiger partial charge in [-0.15, -0.1) is 0 Å². The Morgan fingerprint density at radius 1 is 0.795 bits per heavy atom. The predicted octanol–water partition coefficient (Wildman–Crippen LogP) is 6.18. The molecule has 1 aromatic carbocycles. The Morgan fingerprint density at radius 3 is 2.00 bits per heavy atom. The fraction of sp³-hybridized carbons (Fsp3) is 0.324. The zero-order valence-electron chi connectivity index (χ0n) is 25.6. The molecule has 0 atom stereocenters. The van der Waals surface area contributed by atoms with Crippen LogP contribution in [0.3, 0.4) is 0 Å². The van der Waals surface area contributed by atoms with E-state index in [2.05, 4.69) is 12.1 Å². The fourth-order valence-electron chi connectivity index (χ4n) is 5.58. The first kappa shape index (κ1) is 32.8. The standard InChI is InChI=1S/C34H38N4O4S2/c1-5-35-29(39)26(30(40)36(6-2)33(35)43)21-13-19-24-17-12-18-25(28(24)23-15-10-9-11-16-23)20-14-22-27-31(41)37(7-3)34(44)38(8-4)32(27)42/h9-11,13-16,19-22,39H,5-8,12,17-18H2,1-4H3/b20-14+,21-13+,24-19+. The number of likely N-dealkylation sites (N-methyl/N-ethyl adjacent to an activating group) is 2. The number of hydrogen-bond acceptors (Lipinski definition) is 6. The topological polar surface area (TPSA) is 87.8 Å². The zero-order chi connectivity index (χ0) is 32.0. The minimum absolute atomic E-state index is 0.0851. The Bertz CT molecular complexity index is 1710. The van der Waals surface area contributed by atoms with Crippen molar-refractivity contribution in [1.82, 2.24) is 18.9 Å². The molecule has 10 heteroatoms. The molecule has 0 spiro atoms. The average molecular weight is 631 g/mol. The molecule has 1 fully saturated rings. The Kier molecular flexibility index (Phi) is 10.8. The minimum Gasteiger partial charge on any atom is -0.494 e. The molecule has 1 saturated heterocycles. The first-order valence-electron chi connectivity index (χ1n) is 15.0. The van der Waals surface area contributed by atoms with Crippen molar-refractivity contribution < 1.29 is 14.7 Å². The summed E-state index contributed by atoms with van der Waals surface area (Å²) in [4.78, 5) is 42.1. The molecular formula is C34H38N4O4S2. The molecule has 0 radical (unpaired) electrons. The fourth-order valence-corrected chi connectivity index (χ4v) is 6.43. The third kappa shape index (κ3) is 6.37. The van der Waals surface area contributed by atoms with Gasteiger partial charge in [-0.1, -0.05) is 54.6 Å². The van der Waals surface area contributed by atoms with Gasteiger partial charge in [-0.25, -0.2) is 0 Å². The number of amides is 2. The van der Waals surface area contributed by atoms with Gasteiger partial charge in [-0.3, -0.25) is 33.3 Å². The largest absolute Gasteiger partial charge is 0.494 e. The molecule has 2 aromatic rings. The second-order valence-electron chi connectivity index (χ2n) is 10.3. The highest BCUT2D eigenvalue weighted by molar-refractivity contribution is 7.80. The minimum atomic E-state index is -0.387. The molecule has 4 rings (SSSR count). The third-order valence-electron chi connectivity index (χ3n) is 7.83. The maximum absolute atomic E-state index is 13.1. The second kappa shape index (κ2) is 14.5. The van der Waals surface area contributed by atoms with E-state index in [-0.39, 0.29) is 39.5 Å². The van der Waals surface area contributed by atoms with Crippen molar-refractivity contribution in [3.63, 3.8) is 0 Å².